The molecule has 0 radical (unpaired) electrons. The molecule has 1 fully saturated rings. The molecule has 0 amide bonds. The zero-order valence-corrected chi connectivity index (χ0v) is 12.9. The van der Waals surface area contributed by atoms with E-state index in [1.807, 2.05) is 12.4 Å². The Hall–Kier alpha value is -1.45. The molecule has 1 aromatic carbocycles. The third kappa shape index (κ3) is 3.09. The molecule has 1 heterocycles. The molecule has 1 aliphatic carbocycles. The summed E-state index contributed by atoms with van der Waals surface area (Å²) in [6, 6.07) is 8.70. The molecule has 21 heavy (non-hydrogen) atoms. The van der Waals surface area contributed by atoms with Crippen molar-refractivity contribution in [2.24, 2.45) is 5.92 Å². The Balaban J connectivity index is 2.01. The van der Waals surface area contributed by atoms with Crippen LogP contribution in [0.5, 0.6) is 0 Å². The lowest BCUT2D eigenvalue weighted by Gasteiger charge is -2.29. The summed E-state index contributed by atoms with van der Waals surface area (Å²) in [5.41, 5.74) is 1.26. The van der Waals surface area contributed by atoms with Gasteiger partial charge < -0.3 is 10.1 Å². The number of likely N-dealkylation sites (N-methyl/N-ethyl adjacent to an activating group) is 1. The number of nitrogens with zero attached hydrogens (tertiary/aromatic N) is 1. The van der Waals surface area contributed by atoms with Crippen molar-refractivity contribution in [1.82, 2.24) is 10.3 Å². The van der Waals surface area contributed by atoms with E-state index >= 15 is 0 Å². The van der Waals surface area contributed by atoms with Gasteiger partial charge in [-0.3, -0.25) is 4.98 Å². The molecule has 1 aromatic heterocycles. The third-order valence-electron chi connectivity index (χ3n) is 4.23. The number of benzene rings is 1. The van der Waals surface area contributed by atoms with Crippen LogP contribution in [0, 0.1) is 5.92 Å². The van der Waals surface area contributed by atoms with Crippen LogP contribution in [0.1, 0.15) is 38.3 Å². The molecule has 0 aliphatic heterocycles. The van der Waals surface area contributed by atoms with Gasteiger partial charge in [-0.1, -0.05) is 31.2 Å². The summed E-state index contributed by atoms with van der Waals surface area (Å²) in [5, 5.41) is 6.11. The Kier molecular flexibility index (Phi) is 4.51. The van der Waals surface area contributed by atoms with E-state index in [2.05, 4.69) is 48.4 Å². The molecule has 1 N–H and O–H groups in total. The molecule has 2 aromatic rings. The molecule has 1 saturated carbocycles. The largest absolute Gasteiger partial charge is 0.376 e. The zero-order valence-electron chi connectivity index (χ0n) is 12.9. The van der Waals surface area contributed by atoms with Gasteiger partial charge in [0.05, 0.1) is 12.1 Å². The highest BCUT2D eigenvalue weighted by molar-refractivity contribution is 5.85. The lowest BCUT2D eigenvalue weighted by Crippen LogP contribution is -2.35. The number of hydrogen-bond donors (Lipinski definition) is 1. The predicted molar refractivity (Wildman–Crippen MR) is 86.3 cm³/mol. The van der Waals surface area contributed by atoms with Crippen molar-refractivity contribution in [3.63, 3.8) is 0 Å². The van der Waals surface area contributed by atoms with Gasteiger partial charge in [0.1, 0.15) is 0 Å². The Morgan fingerprint density at radius 1 is 1.24 bits per heavy atom. The van der Waals surface area contributed by atoms with E-state index in [-0.39, 0.29) is 12.1 Å². The fourth-order valence-electron chi connectivity index (χ4n) is 3.13. The normalized spacial score (nSPS) is 17.8. The van der Waals surface area contributed by atoms with Gasteiger partial charge in [-0.2, -0.15) is 0 Å². The first-order valence-electron chi connectivity index (χ1n) is 8.02. The SMILES string of the molecule is CCNC(c1cncc2ccccc12)C(OCC)C1CC1. The number of fused-ring (bicyclic) bond motifs is 1. The maximum atomic E-state index is 6.09. The standard InChI is InChI=1S/C18H24N2O/c1-3-20-17(18(21-4-2)13-9-10-13)16-12-19-11-14-7-5-6-8-15(14)16/h5-8,11-13,17-18,20H,3-4,9-10H2,1-2H3. The Labute approximate surface area is 126 Å². The number of pyridine rings is 1. The maximum absolute atomic E-state index is 6.09. The summed E-state index contributed by atoms with van der Waals surface area (Å²) >= 11 is 0. The highest BCUT2D eigenvalue weighted by Crippen LogP contribution is 2.41. The van der Waals surface area contributed by atoms with Gasteiger partial charge in [0, 0.05) is 24.4 Å². The van der Waals surface area contributed by atoms with Crippen LogP contribution >= 0.6 is 0 Å². The summed E-state index contributed by atoms with van der Waals surface area (Å²) in [6.45, 7) is 5.94. The fraction of sp³-hybridized carbons (Fsp3) is 0.500. The summed E-state index contributed by atoms with van der Waals surface area (Å²) in [6.07, 6.45) is 6.76. The van der Waals surface area contributed by atoms with Crippen LogP contribution in [0.2, 0.25) is 0 Å². The van der Waals surface area contributed by atoms with Crippen molar-refractivity contribution in [1.29, 1.82) is 0 Å². The van der Waals surface area contributed by atoms with E-state index in [0.717, 1.165) is 13.2 Å². The van der Waals surface area contributed by atoms with Gasteiger partial charge in [0.15, 0.2) is 0 Å². The van der Waals surface area contributed by atoms with Gasteiger partial charge in [-0.25, -0.2) is 0 Å². The van der Waals surface area contributed by atoms with Crippen LogP contribution in [0.25, 0.3) is 10.8 Å². The Morgan fingerprint density at radius 2 is 2.05 bits per heavy atom. The molecule has 3 heteroatoms. The van der Waals surface area contributed by atoms with Gasteiger partial charge in [-0.15, -0.1) is 0 Å². The maximum Gasteiger partial charge on any atom is 0.0798 e. The monoisotopic (exact) mass is 284 g/mol. The molecule has 2 atom stereocenters. The van der Waals surface area contributed by atoms with Crippen molar-refractivity contribution in [3.05, 3.63) is 42.2 Å². The first-order valence-corrected chi connectivity index (χ1v) is 8.02. The molecular weight excluding hydrogens is 260 g/mol. The van der Waals surface area contributed by atoms with Crippen molar-refractivity contribution < 1.29 is 4.74 Å². The lowest BCUT2D eigenvalue weighted by atomic mass is 9.95. The minimum Gasteiger partial charge on any atom is -0.376 e. The van der Waals surface area contributed by atoms with Crippen LogP contribution in [0.15, 0.2) is 36.7 Å². The van der Waals surface area contributed by atoms with Crippen LogP contribution in [-0.4, -0.2) is 24.2 Å². The minimum atomic E-state index is 0.223. The van der Waals surface area contributed by atoms with Crippen molar-refractivity contribution >= 4 is 10.8 Å². The van der Waals surface area contributed by atoms with E-state index in [9.17, 15) is 0 Å². The fourth-order valence-corrected chi connectivity index (χ4v) is 3.13. The number of hydrogen-bond acceptors (Lipinski definition) is 3. The van der Waals surface area contributed by atoms with E-state index in [4.69, 9.17) is 4.74 Å². The molecule has 1 aliphatic rings. The summed E-state index contributed by atoms with van der Waals surface area (Å²) in [7, 11) is 0. The molecular formula is C18H24N2O. The van der Waals surface area contributed by atoms with E-state index < -0.39 is 0 Å². The van der Waals surface area contributed by atoms with Crippen LogP contribution < -0.4 is 5.32 Å². The van der Waals surface area contributed by atoms with Gasteiger partial charge in [0.25, 0.3) is 0 Å². The van der Waals surface area contributed by atoms with Crippen molar-refractivity contribution in [2.45, 2.75) is 38.8 Å². The second-order valence-corrected chi connectivity index (χ2v) is 5.74. The minimum absolute atomic E-state index is 0.223. The zero-order chi connectivity index (χ0) is 14.7. The van der Waals surface area contributed by atoms with Gasteiger partial charge in [0.2, 0.25) is 0 Å². The van der Waals surface area contributed by atoms with Crippen LogP contribution in [0.4, 0.5) is 0 Å². The number of ether oxygens (including phenoxy) is 1. The molecule has 3 nitrogen and oxygen atoms in total. The molecule has 0 saturated heterocycles. The van der Waals surface area contributed by atoms with Crippen LogP contribution in [0.3, 0.4) is 0 Å². The molecule has 2 unspecified atom stereocenters. The highest BCUT2D eigenvalue weighted by Gasteiger charge is 2.38. The predicted octanol–water partition coefficient (Wildman–Crippen LogP) is 3.70. The first kappa shape index (κ1) is 14.5. The van der Waals surface area contributed by atoms with E-state index in [0.29, 0.717) is 5.92 Å². The smallest absolute Gasteiger partial charge is 0.0798 e. The number of nitrogens with one attached hydrogen (secondary N) is 1. The molecule has 0 bridgehead atoms. The summed E-state index contributed by atoms with van der Waals surface area (Å²) in [5.74, 6) is 0.688. The molecule has 3 rings (SSSR count). The third-order valence-corrected chi connectivity index (χ3v) is 4.23. The molecule has 0 spiro atoms. The van der Waals surface area contributed by atoms with Crippen molar-refractivity contribution in [2.75, 3.05) is 13.2 Å². The Bertz CT molecular complexity index is 589. The second-order valence-electron chi connectivity index (χ2n) is 5.74. The summed E-state index contributed by atoms with van der Waals surface area (Å²) in [4.78, 5) is 4.44. The first-order chi connectivity index (χ1) is 10.3. The summed E-state index contributed by atoms with van der Waals surface area (Å²) < 4.78 is 6.09. The quantitative estimate of drug-likeness (QED) is 0.842. The number of rotatable bonds is 7. The second kappa shape index (κ2) is 6.54. The number of aromatic nitrogens is 1. The average Bonchev–Trinajstić information content (AvgIpc) is 3.35. The highest BCUT2D eigenvalue weighted by atomic mass is 16.5. The van der Waals surface area contributed by atoms with E-state index in [1.165, 1.54) is 29.2 Å². The van der Waals surface area contributed by atoms with Crippen molar-refractivity contribution in [3.8, 4) is 0 Å². The Morgan fingerprint density at radius 3 is 2.76 bits per heavy atom. The van der Waals surface area contributed by atoms with Gasteiger partial charge >= 0.3 is 0 Å². The lowest BCUT2D eigenvalue weighted by molar-refractivity contribution is 0.0192. The van der Waals surface area contributed by atoms with E-state index in [1.54, 1.807) is 0 Å². The topological polar surface area (TPSA) is 34.2 Å². The van der Waals surface area contributed by atoms with Gasteiger partial charge in [-0.05, 0) is 43.2 Å². The average molecular weight is 284 g/mol. The molecule has 112 valence electrons. The van der Waals surface area contributed by atoms with Crippen LogP contribution in [-0.2, 0) is 4.74 Å².